The summed E-state index contributed by atoms with van der Waals surface area (Å²) in [5.41, 5.74) is 8.15. The number of hydrogen-bond acceptors (Lipinski definition) is 2. The van der Waals surface area contributed by atoms with Crippen LogP contribution in [0.4, 0.5) is 0 Å². The van der Waals surface area contributed by atoms with Gasteiger partial charge in [-0.2, -0.15) is 0 Å². The Kier molecular flexibility index (Phi) is 2.62. The Hall–Kier alpha value is -0.860. The van der Waals surface area contributed by atoms with Crippen LogP contribution < -0.4 is 5.73 Å². The maximum Gasteiger partial charge on any atom is 0.0948 e. The van der Waals surface area contributed by atoms with Crippen molar-refractivity contribution < 1.29 is 4.74 Å². The van der Waals surface area contributed by atoms with Gasteiger partial charge >= 0.3 is 0 Å². The van der Waals surface area contributed by atoms with Crippen LogP contribution in [-0.4, -0.2) is 6.73 Å². The van der Waals surface area contributed by atoms with Crippen molar-refractivity contribution in [3.63, 3.8) is 0 Å². The third-order valence-corrected chi connectivity index (χ3v) is 2.61. The van der Waals surface area contributed by atoms with Crippen molar-refractivity contribution in [1.82, 2.24) is 0 Å². The lowest BCUT2D eigenvalue weighted by Gasteiger charge is -2.24. The third-order valence-electron chi connectivity index (χ3n) is 2.61. The molecule has 0 spiro atoms. The summed E-state index contributed by atoms with van der Waals surface area (Å²) in [7, 11) is 0. The van der Waals surface area contributed by atoms with Crippen molar-refractivity contribution in [2.45, 2.75) is 25.4 Å². The van der Waals surface area contributed by atoms with Crippen molar-refractivity contribution in [3.8, 4) is 0 Å². The minimum atomic E-state index is 0.231. The summed E-state index contributed by atoms with van der Waals surface area (Å²) in [4.78, 5) is 0. The number of fused-ring (bicyclic) bond motifs is 1. The van der Waals surface area contributed by atoms with Gasteiger partial charge in [-0.05, 0) is 30.4 Å². The second-order valence-electron chi connectivity index (χ2n) is 3.41. The van der Waals surface area contributed by atoms with Gasteiger partial charge in [0.1, 0.15) is 0 Å². The van der Waals surface area contributed by atoms with E-state index in [0.29, 0.717) is 6.73 Å². The smallest absolute Gasteiger partial charge is 0.0948 e. The first-order valence-corrected chi connectivity index (χ1v) is 4.81. The second kappa shape index (κ2) is 3.90. The highest BCUT2D eigenvalue weighted by atomic mass is 16.5. The Bertz CT molecular complexity index is 285. The van der Waals surface area contributed by atoms with Gasteiger partial charge < -0.3 is 10.5 Å². The Morgan fingerprint density at radius 2 is 2.23 bits per heavy atom. The van der Waals surface area contributed by atoms with Gasteiger partial charge in [0.2, 0.25) is 0 Å². The van der Waals surface area contributed by atoms with Crippen LogP contribution in [0.15, 0.2) is 24.3 Å². The van der Waals surface area contributed by atoms with Crippen LogP contribution in [0.5, 0.6) is 0 Å². The first-order chi connectivity index (χ1) is 6.42. The second-order valence-corrected chi connectivity index (χ2v) is 3.41. The normalized spacial score (nSPS) is 21.2. The Balaban J connectivity index is 2.26. The van der Waals surface area contributed by atoms with Crippen LogP contribution >= 0.6 is 0 Å². The van der Waals surface area contributed by atoms with Gasteiger partial charge in [0.05, 0.1) is 12.8 Å². The van der Waals surface area contributed by atoms with Gasteiger partial charge in [-0.3, -0.25) is 0 Å². The molecule has 1 aromatic rings. The molecule has 0 radical (unpaired) electrons. The first-order valence-electron chi connectivity index (χ1n) is 4.81. The molecule has 2 heteroatoms. The van der Waals surface area contributed by atoms with Crippen LogP contribution in [0.1, 0.15) is 30.1 Å². The van der Waals surface area contributed by atoms with Crippen molar-refractivity contribution >= 4 is 0 Å². The molecule has 1 aliphatic rings. The monoisotopic (exact) mass is 177 g/mol. The molecular formula is C11H15NO. The number of hydrogen-bond donors (Lipinski definition) is 1. The predicted octanol–water partition coefficient (Wildman–Crippen LogP) is 2.00. The van der Waals surface area contributed by atoms with Crippen molar-refractivity contribution in [3.05, 3.63) is 35.4 Å². The molecule has 2 rings (SSSR count). The zero-order valence-electron chi connectivity index (χ0n) is 7.70. The molecule has 0 fully saturated rings. The maximum atomic E-state index is 5.49. The molecule has 0 saturated carbocycles. The van der Waals surface area contributed by atoms with Crippen molar-refractivity contribution in [2.24, 2.45) is 5.73 Å². The molecule has 0 saturated heterocycles. The van der Waals surface area contributed by atoms with Crippen molar-refractivity contribution in [2.75, 3.05) is 6.73 Å². The van der Waals surface area contributed by atoms with Crippen LogP contribution in [0.3, 0.4) is 0 Å². The highest BCUT2D eigenvalue weighted by Gasteiger charge is 2.19. The van der Waals surface area contributed by atoms with Gasteiger partial charge in [-0.25, -0.2) is 0 Å². The fourth-order valence-electron chi connectivity index (χ4n) is 2.00. The predicted molar refractivity (Wildman–Crippen MR) is 52.3 cm³/mol. The quantitative estimate of drug-likeness (QED) is 0.701. The fourth-order valence-corrected chi connectivity index (χ4v) is 2.00. The molecule has 2 nitrogen and oxygen atoms in total. The molecule has 0 heterocycles. The van der Waals surface area contributed by atoms with Gasteiger partial charge in [-0.1, -0.05) is 24.3 Å². The molecular weight excluding hydrogens is 162 g/mol. The lowest BCUT2D eigenvalue weighted by Crippen LogP contribution is -2.16. The van der Waals surface area contributed by atoms with E-state index in [1.54, 1.807) is 0 Å². The maximum absolute atomic E-state index is 5.49. The summed E-state index contributed by atoms with van der Waals surface area (Å²) in [5, 5.41) is 0. The molecule has 1 aliphatic carbocycles. The summed E-state index contributed by atoms with van der Waals surface area (Å²) in [5.74, 6) is 0. The van der Waals surface area contributed by atoms with Crippen molar-refractivity contribution in [1.29, 1.82) is 0 Å². The van der Waals surface area contributed by atoms with E-state index in [0.717, 1.165) is 6.42 Å². The lowest BCUT2D eigenvalue weighted by molar-refractivity contribution is 0.0452. The summed E-state index contributed by atoms with van der Waals surface area (Å²) in [6.07, 6.45) is 3.73. The van der Waals surface area contributed by atoms with Gasteiger partial charge in [0.25, 0.3) is 0 Å². The molecule has 70 valence electrons. The van der Waals surface area contributed by atoms with Gasteiger partial charge in [-0.15, -0.1) is 0 Å². The van der Waals surface area contributed by atoms with E-state index in [-0.39, 0.29) is 6.10 Å². The van der Waals surface area contributed by atoms with Crippen LogP contribution in [0.25, 0.3) is 0 Å². The largest absolute Gasteiger partial charge is 0.359 e. The van der Waals surface area contributed by atoms with E-state index < -0.39 is 0 Å². The van der Waals surface area contributed by atoms with Crippen LogP contribution in [0.2, 0.25) is 0 Å². The summed E-state index contributed by atoms with van der Waals surface area (Å²) < 4.78 is 5.49. The fraction of sp³-hybridized carbons (Fsp3) is 0.455. The van der Waals surface area contributed by atoms with Crippen LogP contribution in [-0.2, 0) is 11.2 Å². The molecule has 2 N–H and O–H groups in total. The number of benzene rings is 1. The van der Waals surface area contributed by atoms with E-state index in [4.69, 9.17) is 10.5 Å². The Morgan fingerprint density at radius 3 is 3.08 bits per heavy atom. The standard InChI is InChI=1S/C11H15NO/c12-8-13-11-7-3-5-9-4-1-2-6-10(9)11/h1-2,4,6,11H,3,5,7-8,12H2. The van der Waals surface area contributed by atoms with E-state index in [2.05, 4.69) is 24.3 Å². The highest BCUT2D eigenvalue weighted by Crippen LogP contribution is 2.31. The number of rotatable bonds is 2. The molecule has 13 heavy (non-hydrogen) atoms. The number of aryl methyl sites for hydroxylation is 1. The SMILES string of the molecule is NCOC1CCCc2ccccc21. The molecule has 0 aromatic heterocycles. The first kappa shape index (κ1) is 8.73. The lowest BCUT2D eigenvalue weighted by atomic mass is 9.89. The average molecular weight is 177 g/mol. The molecule has 1 aromatic carbocycles. The number of nitrogens with two attached hydrogens (primary N) is 1. The Morgan fingerprint density at radius 1 is 1.38 bits per heavy atom. The number of ether oxygens (including phenoxy) is 1. The zero-order valence-corrected chi connectivity index (χ0v) is 7.70. The average Bonchev–Trinajstić information content (AvgIpc) is 2.19. The van der Waals surface area contributed by atoms with E-state index in [1.165, 1.54) is 24.0 Å². The topological polar surface area (TPSA) is 35.2 Å². The molecule has 0 bridgehead atoms. The van der Waals surface area contributed by atoms with Gasteiger partial charge in [0, 0.05) is 0 Å². The summed E-state index contributed by atoms with van der Waals surface area (Å²) in [6.45, 7) is 0.318. The molecule has 1 unspecified atom stereocenters. The van der Waals surface area contributed by atoms with Gasteiger partial charge in [0.15, 0.2) is 0 Å². The minimum Gasteiger partial charge on any atom is -0.359 e. The van der Waals surface area contributed by atoms with E-state index >= 15 is 0 Å². The summed E-state index contributed by atoms with van der Waals surface area (Å²) >= 11 is 0. The molecule has 0 aliphatic heterocycles. The summed E-state index contributed by atoms with van der Waals surface area (Å²) in [6, 6.07) is 8.48. The minimum absolute atomic E-state index is 0.231. The van der Waals surface area contributed by atoms with E-state index in [9.17, 15) is 0 Å². The van der Waals surface area contributed by atoms with Crippen LogP contribution in [0, 0.1) is 0 Å². The highest BCUT2D eigenvalue weighted by molar-refractivity contribution is 5.31. The molecule has 0 amide bonds. The third kappa shape index (κ3) is 1.74. The zero-order chi connectivity index (χ0) is 9.10. The molecule has 1 atom stereocenters. The van der Waals surface area contributed by atoms with E-state index in [1.807, 2.05) is 0 Å². The Labute approximate surface area is 78.7 Å².